The van der Waals surface area contributed by atoms with Crippen LogP contribution in [0.25, 0.3) is 0 Å². The van der Waals surface area contributed by atoms with Crippen molar-refractivity contribution >= 4 is 47.6 Å². The fraction of sp³-hybridized carbons (Fsp3) is 0.500. The number of hydrogen-bond donors (Lipinski definition) is 1. The van der Waals surface area contributed by atoms with Crippen LogP contribution in [0.5, 0.6) is 0 Å². The number of hydrogen-bond acceptors (Lipinski definition) is 3. The first-order chi connectivity index (χ1) is 8.84. The van der Waals surface area contributed by atoms with Crippen LogP contribution in [-0.2, 0) is 10.0 Å². The largest absolute Gasteiger partial charge is 0.399 e. The summed E-state index contributed by atoms with van der Waals surface area (Å²) in [5, 5.41) is 0. The van der Waals surface area contributed by atoms with E-state index in [0.29, 0.717) is 21.2 Å². The van der Waals surface area contributed by atoms with E-state index >= 15 is 0 Å². The van der Waals surface area contributed by atoms with Gasteiger partial charge in [-0.3, -0.25) is 0 Å². The van der Waals surface area contributed by atoms with Crippen LogP contribution in [0.4, 0.5) is 5.69 Å². The minimum Gasteiger partial charge on any atom is -0.399 e. The van der Waals surface area contributed by atoms with Crippen LogP contribution in [-0.4, -0.2) is 25.3 Å². The molecule has 1 saturated heterocycles. The Bertz CT molecular complexity index is 566. The van der Waals surface area contributed by atoms with E-state index in [1.165, 1.54) is 0 Å². The molecule has 1 aromatic rings. The predicted octanol–water partition coefficient (Wildman–Crippen LogP) is 3.36. The summed E-state index contributed by atoms with van der Waals surface area (Å²) in [6.07, 6.45) is 2.90. The molecule has 0 aliphatic carbocycles. The van der Waals surface area contributed by atoms with Gasteiger partial charge in [0.25, 0.3) is 0 Å². The van der Waals surface area contributed by atoms with E-state index in [4.69, 9.17) is 5.73 Å². The number of rotatable bonds is 2. The standard InChI is InChI=1S/C12H16Br2N2O2S/c1-8-4-2-3-5-16(8)19(17,18)12-10(13)6-9(15)7-11(12)14/h6-8H,2-5,15H2,1H3. The van der Waals surface area contributed by atoms with E-state index in [9.17, 15) is 8.42 Å². The third kappa shape index (κ3) is 2.99. The summed E-state index contributed by atoms with van der Waals surface area (Å²) in [6, 6.07) is 3.27. The van der Waals surface area contributed by atoms with E-state index in [1.807, 2.05) is 6.92 Å². The van der Waals surface area contributed by atoms with Crippen LogP contribution in [0, 0.1) is 0 Å². The van der Waals surface area contributed by atoms with Crippen molar-refractivity contribution in [1.82, 2.24) is 4.31 Å². The molecule has 1 fully saturated rings. The first-order valence-electron chi connectivity index (χ1n) is 6.10. The number of anilines is 1. The van der Waals surface area contributed by atoms with Gasteiger partial charge in [-0.05, 0) is 63.8 Å². The Morgan fingerprint density at radius 3 is 2.37 bits per heavy atom. The van der Waals surface area contributed by atoms with Crippen molar-refractivity contribution in [2.45, 2.75) is 37.1 Å². The highest BCUT2D eigenvalue weighted by Gasteiger charge is 2.33. The topological polar surface area (TPSA) is 63.4 Å². The average molecular weight is 412 g/mol. The summed E-state index contributed by atoms with van der Waals surface area (Å²) in [4.78, 5) is 0.260. The fourth-order valence-corrected chi connectivity index (χ4v) is 6.62. The van der Waals surface area contributed by atoms with Gasteiger partial charge in [-0.1, -0.05) is 6.42 Å². The molecule has 0 aromatic heterocycles. The van der Waals surface area contributed by atoms with Crippen molar-refractivity contribution in [2.75, 3.05) is 12.3 Å². The molecule has 0 saturated carbocycles. The lowest BCUT2D eigenvalue weighted by atomic mass is 10.1. The summed E-state index contributed by atoms with van der Waals surface area (Å²) < 4.78 is 28.1. The SMILES string of the molecule is CC1CCCCN1S(=O)(=O)c1c(Br)cc(N)cc1Br. The lowest BCUT2D eigenvalue weighted by Gasteiger charge is -2.32. The summed E-state index contributed by atoms with van der Waals surface area (Å²) in [5.74, 6) is 0. The van der Waals surface area contributed by atoms with Crippen LogP contribution < -0.4 is 5.73 Å². The number of piperidine rings is 1. The second-order valence-corrected chi connectivity index (χ2v) is 8.31. The van der Waals surface area contributed by atoms with Crippen molar-refractivity contribution in [1.29, 1.82) is 0 Å². The van der Waals surface area contributed by atoms with Crippen molar-refractivity contribution in [2.24, 2.45) is 0 Å². The van der Waals surface area contributed by atoms with Gasteiger partial charge in [-0.2, -0.15) is 4.31 Å². The van der Waals surface area contributed by atoms with Gasteiger partial charge in [0.15, 0.2) is 0 Å². The molecular weight excluding hydrogens is 396 g/mol. The van der Waals surface area contributed by atoms with Gasteiger partial charge < -0.3 is 5.73 Å². The maximum Gasteiger partial charge on any atom is 0.245 e. The highest BCUT2D eigenvalue weighted by Crippen LogP contribution is 2.36. The molecule has 0 bridgehead atoms. The molecule has 1 aliphatic rings. The summed E-state index contributed by atoms with van der Waals surface area (Å²) in [5.41, 5.74) is 6.23. The highest BCUT2D eigenvalue weighted by atomic mass is 79.9. The van der Waals surface area contributed by atoms with Crippen LogP contribution >= 0.6 is 31.9 Å². The molecule has 1 heterocycles. The van der Waals surface area contributed by atoms with Gasteiger partial charge in [0.1, 0.15) is 4.90 Å². The van der Waals surface area contributed by atoms with E-state index in [2.05, 4.69) is 31.9 Å². The van der Waals surface area contributed by atoms with Gasteiger partial charge in [0.2, 0.25) is 10.0 Å². The number of sulfonamides is 1. The Hall–Kier alpha value is -0.110. The zero-order valence-electron chi connectivity index (χ0n) is 10.6. The number of benzene rings is 1. The summed E-state index contributed by atoms with van der Waals surface area (Å²) in [6.45, 7) is 2.53. The lowest BCUT2D eigenvalue weighted by Crippen LogP contribution is -2.42. The number of halogens is 2. The highest BCUT2D eigenvalue weighted by molar-refractivity contribution is 9.11. The molecule has 2 N–H and O–H groups in total. The van der Waals surface area contributed by atoms with Crippen LogP contribution in [0.3, 0.4) is 0 Å². The molecule has 0 spiro atoms. The Morgan fingerprint density at radius 1 is 1.26 bits per heavy atom. The monoisotopic (exact) mass is 410 g/mol. The smallest absolute Gasteiger partial charge is 0.245 e. The Labute approximate surface area is 130 Å². The molecule has 19 heavy (non-hydrogen) atoms. The Morgan fingerprint density at radius 2 is 1.84 bits per heavy atom. The van der Waals surface area contributed by atoms with Gasteiger partial charge in [0, 0.05) is 27.2 Å². The first-order valence-corrected chi connectivity index (χ1v) is 9.13. The number of nitrogen functional groups attached to an aromatic ring is 1. The molecule has 1 unspecified atom stereocenters. The number of nitrogens with two attached hydrogens (primary N) is 1. The first kappa shape index (κ1) is 15.3. The van der Waals surface area contributed by atoms with E-state index in [-0.39, 0.29) is 10.9 Å². The maximum absolute atomic E-state index is 12.8. The van der Waals surface area contributed by atoms with E-state index < -0.39 is 10.0 Å². The van der Waals surface area contributed by atoms with Crippen molar-refractivity contribution in [3.8, 4) is 0 Å². The maximum atomic E-state index is 12.8. The van der Waals surface area contributed by atoms with Crippen LogP contribution in [0.15, 0.2) is 26.0 Å². The molecule has 1 atom stereocenters. The van der Waals surface area contributed by atoms with Crippen LogP contribution in [0.1, 0.15) is 26.2 Å². The third-order valence-electron chi connectivity index (χ3n) is 3.33. The zero-order chi connectivity index (χ0) is 14.2. The predicted molar refractivity (Wildman–Crippen MR) is 83.5 cm³/mol. The molecule has 2 rings (SSSR count). The summed E-state index contributed by atoms with van der Waals surface area (Å²) >= 11 is 6.61. The van der Waals surface area contributed by atoms with E-state index in [0.717, 1.165) is 19.3 Å². The molecule has 0 amide bonds. The van der Waals surface area contributed by atoms with Gasteiger partial charge in [-0.25, -0.2) is 8.42 Å². The van der Waals surface area contributed by atoms with Crippen molar-refractivity contribution < 1.29 is 8.42 Å². The molecule has 4 nitrogen and oxygen atoms in total. The second-order valence-electron chi connectivity index (χ2n) is 4.77. The quantitative estimate of drug-likeness (QED) is 0.758. The average Bonchev–Trinajstić information content (AvgIpc) is 2.27. The van der Waals surface area contributed by atoms with Gasteiger partial charge in [-0.15, -0.1) is 0 Å². The number of nitrogens with zero attached hydrogens (tertiary/aromatic N) is 1. The second kappa shape index (κ2) is 5.71. The molecule has 1 aliphatic heterocycles. The van der Waals surface area contributed by atoms with Crippen molar-refractivity contribution in [3.05, 3.63) is 21.1 Å². The minimum atomic E-state index is -3.51. The summed E-state index contributed by atoms with van der Waals surface area (Å²) in [7, 11) is -3.51. The molecular formula is C12H16Br2N2O2S. The molecule has 1 aromatic carbocycles. The lowest BCUT2D eigenvalue weighted by molar-refractivity contribution is 0.268. The normalized spacial score (nSPS) is 21.5. The van der Waals surface area contributed by atoms with Crippen LogP contribution in [0.2, 0.25) is 0 Å². The van der Waals surface area contributed by atoms with E-state index in [1.54, 1.807) is 16.4 Å². The Balaban J connectivity index is 2.50. The Kier molecular flexibility index (Phi) is 4.59. The minimum absolute atomic E-state index is 0.0371. The molecule has 7 heteroatoms. The molecule has 106 valence electrons. The third-order valence-corrected chi connectivity index (χ3v) is 7.22. The van der Waals surface area contributed by atoms with Gasteiger partial charge >= 0.3 is 0 Å². The van der Waals surface area contributed by atoms with Gasteiger partial charge in [0.05, 0.1) is 0 Å². The molecule has 0 radical (unpaired) electrons. The zero-order valence-corrected chi connectivity index (χ0v) is 14.6. The fourth-order valence-electron chi connectivity index (χ4n) is 2.37. The van der Waals surface area contributed by atoms with Crippen molar-refractivity contribution in [3.63, 3.8) is 0 Å².